The molecule has 1 atom stereocenters. The topological polar surface area (TPSA) is 20.1 Å². The molecule has 0 aliphatic rings. The molecular weight excluding hydrogens is 194 g/mol. The molecule has 1 aromatic carbocycles. The Morgan fingerprint density at radius 1 is 1.36 bits per heavy atom. The van der Waals surface area contributed by atoms with Crippen LogP contribution in [0.3, 0.4) is 0 Å². The van der Waals surface area contributed by atoms with E-state index < -0.39 is 5.25 Å². The number of ketones is 1. The molecule has 1 aromatic rings. The molecule has 2 nitrogen and oxygen atoms in total. The summed E-state index contributed by atoms with van der Waals surface area (Å²) in [6.45, 7) is 0. The molecule has 0 aliphatic carbocycles. The minimum absolute atomic E-state index is 0.0192. The number of carbonyl (C=O) groups is 1. The van der Waals surface area contributed by atoms with Crippen LogP contribution in [0, 0.1) is 0 Å². The summed E-state index contributed by atoms with van der Waals surface area (Å²) in [7, 11) is 3.72. The minimum Gasteiger partial charge on any atom is -0.771 e. The molecule has 0 bridgehead atoms. The third-order valence-electron chi connectivity index (χ3n) is 1.75. The Hall–Kier alpha value is -1.09. The first-order valence-electron chi connectivity index (χ1n) is 4.38. The summed E-state index contributed by atoms with van der Waals surface area (Å²) in [4.78, 5) is 11.7. The molecule has 0 heterocycles. The van der Waals surface area contributed by atoms with Crippen molar-refractivity contribution in [1.82, 2.24) is 0 Å². The molecule has 3 heteroatoms. The van der Waals surface area contributed by atoms with Crippen LogP contribution in [0.2, 0.25) is 0 Å². The quantitative estimate of drug-likeness (QED) is 0.320. The average Bonchev–Trinajstić information content (AvgIpc) is 2.17. The highest BCUT2D eigenvalue weighted by molar-refractivity contribution is 7.61. The Morgan fingerprint density at radius 2 is 1.93 bits per heavy atom. The van der Waals surface area contributed by atoms with Gasteiger partial charge < -0.3 is 12.6 Å². The van der Waals surface area contributed by atoms with Crippen molar-refractivity contribution in [2.45, 2.75) is 5.25 Å². The van der Waals surface area contributed by atoms with E-state index in [-0.39, 0.29) is 5.78 Å². The summed E-state index contributed by atoms with van der Waals surface area (Å²) in [5.41, 5.74) is 0.672. The number of hydrogen-bond donors (Lipinski definition) is 0. The number of nitrogens with zero attached hydrogens (tertiary/aromatic N) is 1. The van der Waals surface area contributed by atoms with Gasteiger partial charge in [0, 0.05) is 5.56 Å². The van der Waals surface area contributed by atoms with Gasteiger partial charge in [0.25, 0.3) is 0 Å². The second kappa shape index (κ2) is 4.96. The molecule has 14 heavy (non-hydrogen) atoms. The number of hydrogen-bond acceptors (Lipinski definition) is 2. The Balaban J connectivity index is 2.82. The van der Waals surface area contributed by atoms with Crippen LogP contribution in [-0.2, 0) is 12.6 Å². The Kier molecular flexibility index (Phi) is 3.89. The van der Waals surface area contributed by atoms with Gasteiger partial charge in [-0.25, -0.2) is 4.58 Å². The lowest BCUT2D eigenvalue weighted by Crippen LogP contribution is -2.23. The second-order valence-electron chi connectivity index (χ2n) is 3.26. The van der Waals surface area contributed by atoms with E-state index in [4.69, 9.17) is 12.6 Å². The molecule has 0 saturated heterocycles. The van der Waals surface area contributed by atoms with Crippen LogP contribution in [-0.4, -0.2) is 35.9 Å². The van der Waals surface area contributed by atoms with Crippen molar-refractivity contribution in [1.29, 1.82) is 0 Å². The third-order valence-corrected chi connectivity index (χ3v) is 2.09. The van der Waals surface area contributed by atoms with Gasteiger partial charge in [0.05, 0.1) is 0 Å². The normalized spacial score (nSPS) is 11.9. The van der Waals surface area contributed by atoms with E-state index in [1.807, 2.05) is 32.3 Å². The van der Waals surface area contributed by atoms with Gasteiger partial charge in [0.15, 0.2) is 5.78 Å². The molecule has 0 N–H and O–H groups in total. The van der Waals surface area contributed by atoms with Crippen molar-refractivity contribution in [3.63, 3.8) is 0 Å². The van der Waals surface area contributed by atoms with Crippen molar-refractivity contribution in [3.05, 3.63) is 35.9 Å². The van der Waals surface area contributed by atoms with Gasteiger partial charge in [-0.3, -0.25) is 4.79 Å². The van der Waals surface area contributed by atoms with E-state index in [1.165, 1.54) is 0 Å². The van der Waals surface area contributed by atoms with Gasteiger partial charge in [-0.15, -0.1) is 0 Å². The van der Waals surface area contributed by atoms with Gasteiger partial charge in [-0.1, -0.05) is 30.3 Å². The molecule has 0 amide bonds. The Labute approximate surface area is 89.7 Å². The Morgan fingerprint density at radius 3 is 2.43 bits per heavy atom. The van der Waals surface area contributed by atoms with Crippen molar-refractivity contribution in [3.8, 4) is 0 Å². The molecule has 1 unspecified atom stereocenters. The highest BCUT2D eigenvalue weighted by atomic mass is 32.1. The van der Waals surface area contributed by atoms with E-state index in [9.17, 15) is 4.79 Å². The van der Waals surface area contributed by atoms with Gasteiger partial charge in [-0.2, -0.15) is 0 Å². The number of rotatable bonds is 3. The predicted octanol–water partition coefficient (Wildman–Crippen LogP) is 1.13. The zero-order chi connectivity index (χ0) is 10.6. The monoisotopic (exact) mass is 207 g/mol. The van der Waals surface area contributed by atoms with Gasteiger partial charge >= 0.3 is 0 Å². The predicted molar refractivity (Wildman–Crippen MR) is 60.1 cm³/mol. The second-order valence-corrected chi connectivity index (χ2v) is 3.77. The van der Waals surface area contributed by atoms with Crippen molar-refractivity contribution in [2.24, 2.45) is 0 Å². The van der Waals surface area contributed by atoms with Crippen LogP contribution in [0.5, 0.6) is 0 Å². The van der Waals surface area contributed by atoms with Crippen LogP contribution in [0.25, 0.3) is 0 Å². The standard InChI is InChI=1S/C11H13NOS/c1-12(2)8-10(14)11(13)9-6-4-3-5-7-9/h3-8,10H,1-2H3. The first-order valence-corrected chi connectivity index (χ1v) is 4.85. The molecule has 1 rings (SSSR count). The lowest BCUT2D eigenvalue weighted by atomic mass is 10.1. The van der Waals surface area contributed by atoms with E-state index in [0.29, 0.717) is 5.56 Å². The number of carbonyl (C=O) groups excluding carboxylic acids is 1. The van der Waals surface area contributed by atoms with Crippen LogP contribution in [0.15, 0.2) is 30.3 Å². The molecule has 0 fully saturated rings. The highest BCUT2D eigenvalue weighted by Gasteiger charge is 2.08. The highest BCUT2D eigenvalue weighted by Crippen LogP contribution is 2.02. The SMILES string of the molecule is C[N+](C)=CC([S-])C(=O)c1ccccc1. The fraction of sp³-hybridized carbons (Fsp3) is 0.273. The van der Waals surface area contributed by atoms with Gasteiger partial charge in [0.2, 0.25) is 0 Å². The maximum atomic E-state index is 11.7. The zero-order valence-electron chi connectivity index (χ0n) is 8.31. The van der Waals surface area contributed by atoms with Gasteiger partial charge in [-0.05, 0) is 5.25 Å². The van der Waals surface area contributed by atoms with Crippen LogP contribution >= 0.6 is 0 Å². The third kappa shape index (κ3) is 3.00. The molecular formula is C11H13NOS. The Bertz CT molecular complexity index is 342. The van der Waals surface area contributed by atoms with E-state index in [0.717, 1.165) is 0 Å². The maximum Gasteiger partial charge on any atom is 0.151 e. The molecule has 0 spiro atoms. The van der Waals surface area contributed by atoms with Crippen molar-refractivity contribution < 1.29 is 9.37 Å². The molecule has 0 saturated carbocycles. The van der Waals surface area contributed by atoms with E-state index >= 15 is 0 Å². The first-order chi connectivity index (χ1) is 6.61. The van der Waals surface area contributed by atoms with Crippen LogP contribution in [0.1, 0.15) is 10.4 Å². The zero-order valence-corrected chi connectivity index (χ0v) is 9.12. The average molecular weight is 207 g/mol. The molecule has 0 aliphatic heterocycles. The summed E-state index contributed by atoms with van der Waals surface area (Å²) >= 11 is 5.07. The lowest BCUT2D eigenvalue weighted by molar-refractivity contribution is -0.460. The molecule has 0 aromatic heterocycles. The summed E-state index contributed by atoms with van der Waals surface area (Å²) < 4.78 is 1.80. The summed E-state index contributed by atoms with van der Waals surface area (Å²) in [6, 6.07) is 9.12. The van der Waals surface area contributed by atoms with Crippen molar-refractivity contribution >= 4 is 24.6 Å². The lowest BCUT2D eigenvalue weighted by Gasteiger charge is -2.13. The number of Topliss-reactive ketones (excluding diaryl/α,β-unsaturated/α-hetero) is 1. The molecule has 74 valence electrons. The smallest absolute Gasteiger partial charge is 0.151 e. The van der Waals surface area contributed by atoms with Crippen molar-refractivity contribution in [2.75, 3.05) is 14.1 Å². The fourth-order valence-corrected chi connectivity index (χ4v) is 1.48. The summed E-state index contributed by atoms with van der Waals surface area (Å²) in [5.74, 6) is -0.0192. The summed E-state index contributed by atoms with van der Waals surface area (Å²) in [5, 5.41) is -0.479. The number of benzene rings is 1. The van der Waals surface area contributed by atoms with E-state index in [2.05, 4.69) is 0 Å². The first kappa shape index (κ1) is 11.0. The fourth-order valence-electron chi connectivity index (χ4n) is 1.11. The van der Waals surface area contributed by atoms with Crippen LogP contribution < -0.4 is 0 Å². The van der Waals surface area contributed by atoms with Crippen LogP contribution in [0.4, 0.5) is 0 Å². The maximum absolute atomic E-state index is 11.7. The summed E-state index contributed by atoms with van der Waals surface area (Å²) in [6.07, 6.45) is 1.73. The largest absolute Gasteiger partial charge is 0.771 e. The van der Waals surface area contributed by atoms with Gasteiger partial charge in [0.1, 0.15) is 20.3 Å². The molecule has 0 radical (unpaired) electrons. The van der Waals surface area contributed by atoms with E-state index in [1.54, 1.807) is 22.9 Å². The minimum atomic E-state index is -0.479.